The van der Waals surface area contributed by atoms with Gasteiger partial charge >= 0.3 is 0 Å². The zero-order chi connectivity index (χ0) is 15.0. The highest BCUT2D eigenvalue weighted by molar-refractivity contribution is 5.84. The fourth-order valence-corrected chi connectivity index (χ4v) is 3.60. The number of methoxy groups -OCH3 is 1. The number of carbonyl (C=O) groups is 1. The molecule has 2 fully saturated rings. The van der Waals surface area contributed by atoms with Crippen LogP contribution >= 0.6 is 0 Å². The van der Waals surface area contributed by atoms with Gasteiger partial charge in [0.25, 0.3) is 0 Å². The predicted octanol–water partition coefficient (Wildman–Crippen LogP) is 2.70. The van der Waals surface area contributed by atoms with Gasteiger partial charge < -0.3 is 9.64 Å². The molecule has 1 aliphatic carbocycles. The van der Waals surface area contributed by atoms with Gasteiger partial charge in [-0.3, -0.25) is 10.1 Å². The molecule has 1 saturated heterocycles. The third kappa shape index (κ3) is 2.64. The van der Waals surface area contributed by atoms with E-state index < -0.39 is 0 Å². The summed E-state index contributed by atoms with van der Waals surface area (Å²) >= 11 is 0. The number of carbonyl (C=O) groups excluding carboxylic acids is 1. The second kappa shape index (κ2) is 5.68. The van der Waals surface area contributed by atoms with E-state index in [1.165, 1.54) is 6.42 Å². The molecular formula is C17H24N2O2. The molecule has 3 rings (SSSR count). The van der Waals surface area contributed by atoms with Crippen molar-refractivity contribution >= 4 is 5.91 Å². The number of hydrogen-bond acceptors (Lipinski definition) is 3. The Morgan fingerprint density at radius 2 is 1.90 bits per heavy atom. The molecule has 114 valence electrons. The fraction of sp³-hybridized carbons (Fsp3) is 0.588. The quantitative estimate of drug-likeness (QED) is 0.930. The van der Waals surface area contributed by atoms with Crippen molar-refractivity contribution in [1.82, 2.24) is 10.2 Å². The van der Waals surface area contributed by atoms with E-state index in [2.05, 4.69) is 17.1 Å². The summed E-state index contributed by atoms with van der Waals surface area (Å²) in [5.41, 5.74) is 1.13. The number of nitrogens with one attached hydrogen (secondary N) is 1. The number of hydrogen-bond donors (Lipinski definition) is 1. The molecule has 1 saturated carbocycles. The molecule has 4 nitrogen and oxygen atoms in total. The topological polar surface area (TPSA) is 41.6 Å². The second-order valence-corrected chi connectivity index (χ2v) is 6.38. The van der Waals surface area contributed by atoms with Crippen LogP contribution in [0.2, 0.25) is 0 Å². The number of amides is 1. The Bertz CT molecular complexity index is 514. The van der Waals surface area contributed by atoms with Crippen LogP contribution < -0.4 is 10.1 Å². The molecule has 4 heteroatoms. The van der Waals surface area contributed by atoms with Crippen LogP contribution in [0.1, 0.15) is 44.8 Å². The molecule has 1 aromatic carbocycles. The highest BCUT2D eigenvalue weighted by Gasteiger charge is 2.42. The second-order valence-electron chi connectivity index (χ2n) is 6.38. The first kappa shape index (κ1) is 14.4. The molecule has 2 aliphatic rings. The van der Waals surface area contributed by atoms with E-state index in [0.29, 0.717) is 6.04 Å². The van der Waals surface area contributed by atoms with Gasteiger partial charge in [0, 0.05) is 6.04 Å². The maximum atomic E-state index is 12.5. The molecule has 1 heterocycles. The van der Waals surface area contributed by atoms with Gasteiger partial charge in [-0.15, -0.1) is 0 Å². The summed E-state index contributed by atoms with van der Waals surface area (Å²) < 4.78 is 5.21. The maximum absolute atomic E-state index is 12.5. The third-order valence-corrected chi connectivity index (χ3v) is 4.80. The highest BCUT2D eigenvalue weighted by Crippen LogP contribution is 2.36. The average molecular weight is 288 g/mol. The number of rotatable bonds is 3. The summed E-state index contributed by atoms with van der Waals surface area (Å²) in [4.78, 5) is 14.6. The minimum atomic E-state index is -0.104. The molecular weight excluding hydrogens is 264 g/mol. The van der Waals surface area contributed by atoms with Crippen molar-refractivity contribution in [1.29, 1.82) is 0 Å². The van der Waals surface area contributed by atoms with Crippen molar-refractivity contribution in [2.45, 2.75) is 51.4 Å². The molecule has 4 atom stereocenters. The van der Waals surface area contributed by atoms with Gasteiger partial charge in [0.05, 0.1) is 13.2 Å². The van der Waals surface area contributed by atoms with Gasteiger partial charge in [-0.05, 0) is 49.8 Å². The maximum Gasteiger partial charge on any atom is 0.241 e. The van der Waals surface area contributed by atoms with Crippen molar-refractivity contribution in [3.8, 4) is 5.75 Å². The number of nitrogens with zero attached hydrogens (tertiary/aromatic N) is 1. The van der Waals surface area contributed by atoms with E-state index in [9.17, 15) is 4.79 Å². The molecule has 1 N–H and O–H groups in total. The van der Waals surface area contributed by atoms with Gasteiger partial charge in [-0.25, -0.2) is 0 Å². The molecule has 0 spiro atoms. The Morgan fingerprint density at radius 1 is 1.19 bits per heavy atom. The van der Waals surface area contributed by atoms with Crippen LogP contribution in [0, 0.1) is 5.92 Å². The standard InChI is InChI=1S/C17H24N2O2/c1-11-4-7-14(10-11)19-16(18-12(2)17(19)20)13-5-8-15(21-3)9-6-13/h5-6,8-9,11-12,14,16,18H,4,7,10H2,1-3H3. The largest absolute Gasteiger partial charge is 0.497 e. The summed E-state index contributed by atoms with van der Waals surface area (Å²) in [7, 11) is 1.67. The number of ether oxygens (including phenoxy) is 1. The van der Waals surface area contributed by atoms with Crippen molar-refractivity contribution in [3.63, 3.8) is 0 Å². The molecule has 1 amide bonds. The van der Waals surface area contributed by atoms with Crippen molar-refractivity contribution in [2.75, 3.05) is 7.11 Å². The predicted molar refractivity (Wildman–Crippen MR) is 82.0 cm³/mol. The lowest BCUT2D eigenvalue weighted by atomic mass is 10.1. The van der Waals surface area contributed by atoms with Gasteiger partial charge in [0.15, 0.2) is 0 Å². The van der Waals surface area contributed by atoms with Crippen LogP contribution in [0.4, 0.5) is 0 Å². The summed E-state index contributed by atoms with van der Waals surface area (Å²) in [5, 5.41) is 3.43. The third-order valence-electron chi connectivity index (χ3n) is 4.80. The van der Waals surface area contributed by atoms with E-state index >= 15 is 0 Å². The summed E-state index contributed by atoms with van der Waals surface area (Å²) in [6.07, 6.45) is 3.45. The lowest BCUT2D eigenvalue weighted by Gasteiger charge is -2.30. The van der Waals surface area contributed by atoms with Crippen LogP contribution in [0.5, 0.6) is 5.75 Å². The SMILES string of the molecule is COc1ccc(C2NC(C)C(=O)N2C2CCC(C)C2)cc1. The lowest BCUT2D eigenvalue weighted by Crippen LogP contribution is -2.38. The van der Waals surface area contributed by atoms with E-state index in [1.807, 2.05) is 31.2 Å². The Hall–Kier alpha value is -1.55. The fourth-order valence-electron chi connectivity index (χ4n) is 3.60. The van der Waals surface area contributed by atoms with Crippen molar-refractivity contribution in [3.05, 3.63) is 29.8 Å². The molecule has 0 radical (unpaired) electrons. The summed E-state index contributed by atoms with van der Waals surface area (Å²) in [5.74, 6) is 1.79. The number of benzene rings is 1. The molecule has 1 aliphatic heterocycles. The Morgan fingerprint density at radius 3 is 2.48 bits per heavy atom. The first-order valence-corrected chi connectivity index (χ1v) is 7.82. The van der Waals surface area contributed by atoms with Gasteiger partial charge in [0.2, 0.25) is 5.91 Å². The van der Waals surface area contributed by atoms with E-state index in [4.69, 9.17) is 4.74 Å². The normalized spacial score (nSPS) is 32.7. The molecule has 0 aromatic heterocycles. The summed E-state index contributed by atoms with van der Waals surface area (Å²) in [6.45, 7) is 4.23. The summed E-state index contributed by atoms with van der Waals surface area (Å²) in [6, 6.07) is 8.28. The zero-order valence-electron chi connectivity index (χ0n) is 13.0. The lowest BCUT2D eigenvalue weighted by molar-refractivity contribution is -0.132. The van der Waals surface area contributed by atoms with Gasteiger partial charge in [0.1, 0.15) is 11.9 Å². The zero-order valence-corrected chi connectivity index (χ0v) is 13.0. The van der Waals surface area contributed by atoms with Crippen LogP contribution in [-0.2, 0) is 4.79 Å². The minimum absolute atomic E-state index is 0.00583. The molecule has 0 bridgehead atoms. The molecule has 4 unspecified atom stereocenters. The van der Waals surface area contributed by atoms with Crippen molar-refractivity contribution in [2.24, 2.45) is 5.92 Å². The van der Waals surface area contributed by atoms with Crippen LogP contribution in [0.15, 0.2) is 24.3 Å². The smallest absolute Gasteiger partial charge is 0.241 e. The van der Waals surface area contributed by atoms with E-state index in [0.717, 1.165) is 30.1 Å². The van der Waals surface area contributed by atoms with Crippen LogP contribution in [0.3, 0.4) is 0 Å². The first-order valence-electron chi connectivity index (χ1n) is 7.82. The van der Waals surface area contributed by atoms with Crippen LogP contribution in [-0.4, -0.2) is 30.0 Å². The first-order chi connectivity index (χ1) is 10.1. The van der Waals surface area contributed by atoms with Crippen LogP contribution in [0.25, 0.3) is 0 Å². The van der Waals surface area contributed by atoms with Crippen molar-refractivity contribution < 1.29 is 9.53 Å². The Balaban J connectivity index is 1.85. The molecule has 1 aromatic rings. The van der Waals surface area contributed by atoms with E-state index in [1.54, 1.807) is 7.11 Å². The van der Waals surface area contributed by atoms with Gasteiger partial charge in [-0.1, -0.05) is 19.1 Å². The molecule has 21 heavy (non-hydrogen) atoms. The van der Waals surface area contributed by atoms with Gasteiger partial charge in [-0.2, -0.15) is 0 Å². The Kier molecular flexibility index (Phi) is 3.89. The highest BCUT2D eigenvalue weighted by atomic mass is 16.5. The average Bonchev–Trinajstić information content (AvgIpc) is 3.04. The van der Waals surface area contributed by atoms with E-state index in [-0.39, 0.29) is 18.1 Å². The minimum Gasteiger partial charge on any atom is -0.497 e. The Labute approximate surface area is 126 Å². The monoisotopic (exact) mass is 288 g/mol.